The second kappa shape index (κ2) is 5.87. The third-order valence-electron chi connectivity index (χ3n) is 3.30. The fourth-order valence-electron chi connectivity index (χ4n) is 2.27. The van der Waals surface area contributed by atoms with Crippen LogP contribution in [0.1, 0.15) is 30.9 Å². The molecular weight excluding hydrogens is 210 g/mol. The van der Waals surface area contributed by atoms with E-state index in [4.69, 9.17) is 4.74 Å². The predicted octanol–water partition coefficient (Wildman–Crippen LogP) is 3.02. The summed E-state index contributed by atoms with van der Waals surface area (Å²) in [6.45, 7) is 4.33. The quantitative estimate of drug-likeness (QED) is 0.863. The molecule has 0 aliphatic carbocycles. The van der Waals surface area contributed by atoms with E-state index in [-0.39, 0.29) is 0 Å². The van der Waals surface area contributed by atoms with Crippen molar-refractivity contribution < 1.29 is 4.74 Å². The maximum atomic E-state index is 5.48. The van der Waals surface area contributed by atoms with Crippen molar-refractivity contribution in [2.75, 3.05) is 20.2 Å². The van der Waals surface area contributed by atoms with Crippen LogP contribution in [-0.4, -0.2) is 20.2 Å². The highest BCUT2D eigenvalue weighted by Crippen LogP contribution is 2.30. The zero-order valence-corrected chi connectivity index (χ0v) is 10.8. The molecule has 1 aliphatic heterocycles. The second-order valence-corrected chi connectivity index (χ2v) is 4.41. The minimum Gasteiger partial charge on any atom is -0.496 e. The Hall–Kier alpha value is -1.28. The highest BCUT2D eigenvalue weighted by Gasteiger charge is 2.10. The fraction of sp³-hybridized carbons (Fsp3) is 0.467. The highest BCUT2D eigenvalue weighted by molar-refractivity contribution is 5.71. The molecule has 1 aliphatic rings. The first-order chi connectivity index (χ1) is 8.35. The van der Waals surface area contributed by atoms with Gasteiger partial charge in [-0.1, -0.05) is 19.1 Å². The van der Waals surface area contributed by atoms with Gasteiger partial charge in [0, 0.05) is 5.56 Å². The molecule has 0 atom stereocenters. The number of ether oxygens (including phenoxy) is 1. The van der Waals surface area contributed by atoms with E-state index in [9.17, 15) is 0 Å². The summed E-state index contributed by atoms with van der Waals surface area (Å²) in [5, 5.41) is 3.42. The smallest absolute Gasteiger partial charge is 0.126 e. The molecule has 0 saturated carbocycles. The average molecular weight is 231 g/mol. The van der Waals surface area contributed by atoms with Crippen LogP contribution >= 0.6 is 0 Å². The van der Waals surface area contributed by atoms with Crippen molar-refractivity contribution in [3.05, 3.63) is 35.4 Å². The Kier molecular flexibility index (Phi) is 4.21. The number of benzene rings is 1. The summed E-state index contributed by atoms with van der Waals surface area (Å²) in [6, 6.07) is 6.52. The monoisotopic (exact) mass is 231 g/mol. The van der Waals surface area contributed by atoms with Gasteiger partial charge in [0.2, 0.25) is 0 Å². The van der Waals surface area contributed by atoms with Gasteiger partial charge in [-0.3, -0.25) is 0 Å². The second-order valence-electron chi connectivity index (χ2n) is 4.41. The van der Waals surface area contributed by atoms with Crippen molar-refractivity contribution >= 4 is 5.57 Å². The van der Waals surface area contributed by atoms with Gasteiger partial charge in [-0.15, -0.1) is 0 Å². The van der Waals surface area contributed by atoms with E-state index in [0.29, 0.717) is 0 Å². The highest BCUT2D eigenvalue weighted by atomic mass is 16.5. The van der Waals surface area contributed by atoms with Crippen LogP contribution in [0.3, 0.4) is 0 Å². The number of nitrogens with one attached hydrogen (secondary N) is 1. The van der Waals surface area contributed by atoms with E-state index in [1.807, 2.05) is 0 Å². The molecular formula is C15H21NO. The summed E-state index contributed by atoms with van der Waals surface area (Å²) in [5.74, 6) is 0.996. The minimum absolute atomic E-state index is 0.996. The first-order valence-corrected chi connectivity index (χ1v) is 6.42. The lowest BCUT2D eigenvalue weighted by Gasteiger charge is -2.13. The van der Waals surface area contributed by atoms with Crippen LogP contribution in [0.4, 0.5) is 0 Å². The summed E-state index contributed by atoms with van der Waals surface area (Å²) in [6.07, 6.45) is 5.61. The lowest BCUT2D eigenvalue weighted by molar-refractivity contribution is 0.413. The Morgan fingerprint density at radius 3 is 2.94 bits per heavy atom. The summed E-state index contributed by atoms with van der Waals surface area (Å²) in [4.78, 5) is 0. The van der Waals surface area contributed by atoms with Crippen LogP contribution in [0, 0.1) is 0 Å². The van der Waals surface area contributed by atoms with Crippen molar-refractivity contribution in [1.29, 1.82) is 0 Å². The molecule has 1 N–H and O–H groups in total. The SMILES string of the molecule is CCc1ccc(OC)c(C2=CCCNCC2)c1. The van der Waals surface area contributed by atoms with Crippen LogP contribution < -0.4 is 10.1 Å². The van der Waals surface area contributed by atoms with Crippen LogP contribution in [-0.2, 0) is 6.42 Å². The van der Waals surface area contributed by atoms with Gasteiger partial charge in [0.05, 0.1) is 7.11 Å². The maximum Gasteiger partial charge on any atom is 0.126 e. The molecule has 1 aromatic carbocycles. The minimum atomic E-state index is 0.996. The zero-order chi connectivity index (χ0) is 12.1. The molecule has 1 aromatic rings. The molecule has 0 bridgehead atoms. The van der Waals surface area contributed by atoms with E-state index in [1.165, 1.54) is 16.7 Å². The van der Waals surface area contributed by atoms with Crippen molar-refractivity contribution in [2.24, 2.45) is 0 Å². The third-order valence-corrected chi connectivity index (χ3v) is 3.30. The van der Waals surface area contributed by atoms with Gasteiger partial charge in [-0.05, 0) is 55.6 Å². The normalized spacial score (nSPS) is 16.2. The number of methoxy groups -OCH3 is 1. The maximum absolute atomic E-state index is 5.48. The molecule has 0 aromatic heterocycles. The standard InChI is InChI=1S/C15H21NO/c1-3-12-6-7-15(17-2)14(11-12)13-5-4-9-16-10-8-13/h5-7,11,16H,3-4,8-10H2,1-2H3. The summed E-state index contributed by atoms with van der Waals surface area (Å²) in [7, 11) is 1.75. The predicted molar refractivity (Wildman–Crippen MR) is 72.5 cm³/mol. The molecule has 0 unspecified atom stereocenters. The van der Waals surface area contributed by atoms with Gasteiger partial charge in [-0.25, -0.2) is 0 Å². The summed E-state index contributed by atoms with van der Waals surface area (Å²) >= 11 is 0. The molecule has 17 heavy (non-hydrogen) atoms. The molecule has 1 heterocycles. The molecule has 2 heteroatoms. The lowest BCUT2D eigenvalue weighted by atomic mass is 9.98. The average Bonchev–Trinajstić information content (AvgIpc) is 2.66. The van der Waals surface area contributed by atoms with Gasteiger partial charge in [0.1, 0.15) is 5.75 Å². The Bertz CT molecular complexity index is 409. The zero-order valence-electron chi connectivity index (χ0n) is 10.8. The van der Waals surface area contributed by atoms with E-state index >= 15 is 0 Å². The van der Waals surface area contributed by atoms with Crippen LogP contribution in [0.5, 0.6) is 5.75 Å². The van der Waals surface area contributed by atoms with Crippen LogP contribution in [0.15, 0.2) is 24.3 Å². The van der Waals surface area contributed by atoms with E-state index in [1.54, 1.807) is 7.11 Å². The summed E-state index contributed by atoms with van der Waals surface area (Å²) in [5.41, 5.74) is 4.07. The van der Waals surface area contributed by atoms with Crippen molar-refractivity contribution in [1.82, 2.24) is 5.32 Å². The number of rotatable bonds is 3. The van der Waals surface area contributed by atoms with Crippen molar-refractivity contribution in [2.45, 2.75) is 26.2 Å². The Balaban J connectivity index is 2.36. The first kappa shape index (κ1) is 12.2. The van der Waals surface area contributed by atoms with Gasteiger partial charge in [0.15, 0.2) is 0 Å². The largest absolute Gasteiger partial charge is 0.496 e. The van der Waals surface area contributed by atoms with Gasteiger partial charge < -0.3 is 10.1 Å². The molecule has 0 radical (unpaired) electrons. The molecule has 0 spiro atoms. The third kappa shape index (κ3) is 2.89. The van der Waals surface area contributed by atoms with Crippen molar-refractivity contribution in [3.8, 4) is 5.75 Å². The van der Waals surface area contributed by atoms with Gasteiger partial charge >= 0.3 is 0 Å². The molecule has 2 rings (SSSR count). The molecule has 0 saturated heterocycles. The molecule has 2 nitrogen and oxygen atoms in total. The summed E-state index contributed by atoms with van der Waals surface area (Å²) < 4.78 is 5.48. The Morgan fingerprint density at radius 2 is 2.18 bits per heavy atom. The number of hydrogen-bond donors (Lipinski definition) is 1. The lowest BCUT2D eigenvalue weighted by Crippen LogP contribution is -2.13. The number of aryl methyl sites for hydroxylation is 1. The van der Waals surface area contributed by atoms with E-state index < -0.39 is 0 Å². The molecule has 0 amide bonds. The Labute approximate surface area is 104 Å². The van der Waals surface area contributed by atoms with E-state index in [0.717, 1.165) is 38.1 Å². The fourth-order valence-corrected chi connectivity index (χ4v) is 2.27. The molecule has 0 fully saturated rings. The van der Waals surface area contributed by atoms with Crippen molar-refractivity contribution in [3.63, 3.8) is 0 Å². The molecule has 92 valence electrons. The van der Waals surface area contributed by atoms with E-state index in [2.05, 4.69) is 36.5 Å². The van der Waals surface area contributed by atoms with Crippen LogP contribution in [0.2, 0.25) is 0 Å². The first-order valence-electron chi connectivity index (χ1n) is 6.42. The topological polar surface area (TPSA) is 21.3 Å². The van der Waals surface area contributed by atoms with Crippen LogP contribution in [0.25, 0.3) is 5.57 Å². The van der Waals surface area contributed by atoms with Gasteiger partial charge in [0.25, 0.3) is 0 Å². The van der Waals surface area contributed by atoms with Gasteiger partial charge in [-0.2, -0.15) is 0 Å². The number of hydrogen-bond acceptors (Lipinski definition) is 2. The Morgan fingerprint density at radius 1 is 1.29 bits per heavy atom.